The Balaban J connectivity index is 2.31. The van der Waals surface area contributed by atoms with E-state index in [9.17, 15) is 9.90 Å². The van der Waals surface area contributed by atoms with Gasteiger partial charge in [0.05, 0.1) is 0 Å². The van der Waals surface area contributed by atoms with Gasteiger partial charge in [-0.05, 0) is 5.39 Å². The fourth-order valence-corrected chi connectivity index (χ4v) is 2.39. The second-order valence-electron chi connectivity index (χ2n) is 5.14. The molecule has 106 valence electrons. The van der Waals surface area contributed by atoms with Gasteiger partial charge >= 0.3 is 5.97 Å². The molecular weight excluding hydrogens is 268 g/mol. The molecule has 0 radical (unpaired) electrons. The van der Waals surface area contributed by atoms with Crippen LogP contribution in [0.5, 0.6) is 0 Å². The lowest BCUT2D eigenvalue weighted by atomic mass is 9.99. The van der Waals surface area contributed by atoms with Crippen LogP contribution in [-0.2, 0) is 0 Å². The zero-order valence-electron chi connectivity index (χ0n) is 11.7. The lowest BCUT2D eigenvalue weighted by molar-refractivity contribution is 0.0694. The van der Waals surface area contributed by atoms with E-state index in [1.165, 1.54) is 0 Å². The molecule has 0 amide bonds. The average Bonchev–Trinajstić information content (AvgIpc) is 2.91. The van der Waals surface area contributed by atoms with Crippen LogP contribution in [0, 0.1) is 0 Å². The predicted molar refractivity (Wildman–Crippen MR) is 78.3 cm³/mol. The highest BCUT2D eigenvalue weighted by Gasteiger charge is 2.26. The van der Waals surface area contributed by atoms with E-state index in [-0.39, 0.29) is 11.5 Å². The van der Waals surface area contributed by atoms with Crippen molar-refractivity contribution in [3.05, 3.63) is 48.0 Å². The topological polar surface area (TPSA) is 76.2 Å². The summed E-state index contributed by atoms with van der Waals surface area (Å²) in [6.45, 7) is 3.75. The fraction of sp³-hybridized carbons (Fsp3) is 0.188. The third-order valence-corrected chi connectivity index (χ3v) is 3.38. The number of rotatable bonds is 3. The Labute approximate surface area is 121 Å². The third-order valence-electron chi connectivity index (χ3n) is 3.38. The van der Waals surface area contributed by atoms with Gasteiger partial charge in [-0.1, -0.05) is 43.3 Å². The Hall–Kier alpha value is -2.69. The summed E-state index contributed by atoms with van der Waals surface area (Å²) in [6, 6.07) is 7.65. The maximum absolute atomic E-state index is 11.6. The Morgan fingerprint density at radius 3 is 2.71 bits per heavy atom. The minimum absolute atomic E-state index is 0.0553. The number of aromatic nitrogens is 2. The van der Waals surface area contributed by atoms with E-state index >= 15 is 0 Å². The first-order valence-corrected chi connectivity index (χ1v) is 6.65. The summed E-state index contributed by atoms with van der Waals surface area (Å²) in [4.78, 5) is 15.8. The molecule has 0 aliphatic rings. The SMILES string of the molecule is CC(C)c1onc(-c2cncc3ccccc23)c1C(=O)O. The van der Waals surface area contributed by atoms with Crippen LogP contribution in [0.25, 0.3) is 22.0 Å². The van der Waals surface area contributed by atoms with Crippen LogP contribution in [0.1, 0.15) is 35.9 Å². The number of carbonyl (C=O) groups is 1. The third kappa shape index (κ3) is 2.16. The van der Waals surface area contributed by atoms with Gasteiger partial charge < -0.3 is 9.63 Å². The molecule has 0 saturated carbocycles. The predicted octanol–water partition coefficient (Wildman–Crippen LogP) is 3.71. The maximum atomic E-state index is 11.6. The summed E-state index contributed by atoms with van der Waals surface area (Å²) in [5.41, 5.74) is 1.11. The van der Waals surface area contributed by atoms with E-state index in [2.05, 4.69) is 10.1 Å². The quantitative estimate of drug-likeness (QED) is 0.792. The smallest absolute Gasteiger partial charge is 0.341 e. The number of benzene rings is 1. The molecule has 3 rings (SSSR count). The minimum Gasteiger partial charge on any atom is -0.477 e. The molecule has 2 heterocycles. The summed E-state index contributed by atoms with van der Waals surface area (Å²) in [7, 11) is 0. The van der Waals surface area contributed by atoms with E-state index in [1.54, 1.807) is 12.4 Å². The number of fused-ring (bicyclic) bond motifs is 1. The zero-order valence-corrected chi connectivity index (χ0v) is 11.7. The molecule has 0 spiro atoms. The molecule has 5 heteroatoms. The lowest BCUT2D eigenvalue weighted by Crippen LogP contribution is -2.03. The number of nitrogens with zero attached hydrogens (tertiary/aromatic N) is 2. The molecule has 5 nitrogen and oxygen atoms in total. The van der Waals surface area contributed by atoms with Crippen molar-refractivity contribution < 1.29 is 14.4 Å². The van der Waals surface area contributed by atoms with Gasteiger partial charge in [-0.15, -0.1) is 0 Å². The number of hydrogen-bond donors (Lipinski definition) is 1. The van der Waals surface area contributed by atoms with Gasteiger partial charge in [0.25, 0.3) is 0 Å². The Morgan fingerprint density at radius 1 is 1.24 bits per heavy atom. The molecule has 21 heavy (non-hydrogen) atoms. The van der Waals surface area contributed by atoms with Crippen LogP contribution in [0.2, 0.25) is 0 Å². The molecular formula is C16H14N2O3. The average molecular weight is 282 g/mol. The highest BCUT2D eigenvalue weighted by molar-refractivity contribution is 6.02. The second-order valence-corrected chi connectivity index (χ2v) is 5.14. The van der Waals surface area contributed by atoms with E-state index in [0.717, 1.165) is 10.8 Å². The fourth-order valence-electron chi connectivity index (χ4n) is 2.39. The van der Waals surface area contributed by atoms with Crippen molar-refractivity contribution >= 4 is 16.7 Å². The van der Waals surface area contributed by atoms with Crippen LogP contribution in [0.3, 0.4) is 0 Å². The summed E-state index contributed by atoms with van der Waals surface area (Å²) < 4.78 is 5.26. The van der Waals surface area contributed by atoms with Crippen LogP contribution in [0.4, 0.5) is 0 Å². The molecule has 2 aromatic heterocycles. The monoisotopic (exact) mass is 282 g/mol. The molecule has 0 aliphatic carbocycles. The first-order chi connectivity index (χ1) is 10.1. The van der Waals surface area contributed by atoms with Crippen LogP contribution in [0.15, 0.2) is 41.2 Å². The van der Waals surface area contributed by atoms with Crippen molar-refractivity contribution in [1.29, 1.82) is 0 Å². The van der Waals surface area contributed by atoms with Gasteiger partial charge in [0.2, 0.25) is 0 Å². The Kier molecular flexibility index (Phi) is 3.17. The highest BCUT2D eigenvalue weighted by atomic mass is 16.5. The first-order valence-electron chi connectivity index (χ1n) is 6.65. The van der Waals surface area contributed by atoms with Crippen molar-refractivity contribution in [2.24, 2.45) is 0 Å². The summed E-state index contributed by atoms with van der Waals surface area (Å²) in [5.74, 6) is -0.714. The minimum atomic E-state index is -1.04. The van der Waals surface area contributed by atoms with Crippen LogP contribution < -0.4 is 0 Å². The van der Waals surface area contributed by atoms with Crippen LogP contribution in [-0.4, -0.2) is 21.2 Å². The summed E-state index contributed by atoms with van der Waals surface area (Å²) in [5, 5.41) is 15.3. The molecule has 0 atom stereocenters. The number of carboxylic acid groups (broad SMARTS) is 1. The molecule has 0 bridgehead atoms. The van der Waals surface area contributed by atoms with Crippen molar-refractivity contribution in [3.63, 3.8) is 0 Å². The highest BCUT2D eigenvalue weighted by Crippen LogP contribution is 2.33. The van der Waals surface area contributed by atoms with E-state index in [0.29, 0.717) is 17.0 Å². The van der Waals surface area contributed by atoms with Crippen LogP contribution >= 0.6 is 0 Å². The zero-order chi connectivity index (χ0) is 15.0. The van der Waals surface area contributed by atoms with E-state index in [1.807, 2.05) is 38.1 Å². The number of pyridine rings is 1. The number of carboxylic acids is 1. The second kappa shape index (κ2) is 5.01. The molecule has 0 fully saturated rings. The molecule has 0 aliphatic heterocycles. The van der Waals surface area contributed by atoms with Crippen molar-refractivity contribution in [1.82, 2.24) is 10.1 Å². The molecule has 0 unspecified atom stereocenters. The van der Waals surface area contributed by atoms with Gasteiger partial charge in [0, 0.05) is 29.3 Å². The van der Waals surface area contributed by atoms with Crippen molar-refractivity contribution in [2.45, 2.75) is 19.8 Å². The normalized spacial score (nSPS) is 11.2. The van der Waals surface area contributed by atoms with E-state index < -0.39 is 5.97 Å². The standard InChI is InChI=1S/C16H14N2O3/c1-9(2)15-13(16(19)20)14(18-21-15)12-8-17-7-10-5-3-4-6-11(10)12/h3-9H,1-2H3,(H,19,20). The first kappa shape index (κ1) is 13.3. The van der Waals surface area contributed by atoms with Gasteiger partial charge in [0.1, 0.15) is 11.3 Å². The summed E-state index contributed by atoms with van der Waals surface area (Å²) >= 11 is 0. The van der Waals surface area contributed by atoms with Gasteiger partial charge in [0.15, 0.2) is 5.76 Å². The number of hydrogen-bond acceptors (Lipinski definition) is 4. The molecule has 0 saturated heterocycles. The Morgan fingerprint density at radius 2 is 2.00 bits per heavy atom. The molecule has 3 aromatic rings. The number of aromatic carboxylic acids is 1. The summed E-state index contributed by atoms with van der Waals surface area (Å²) in [6.07, 6.45) is 3.36. The van der Waals surface area contributed by atoms with Gasteiger partial charge in [-0.25, -0.2) is 4.79 Å². The van der Waals surface area contributed by atoms with Gasteiger partial charge in [-0.2, -0.15) is 0 Å². The van der Waals surface area contributed by atoms with Crippen molar-refractivity contribution in [3.8, 4) is 11.3 Å². The van der Waals surface area contributed by atoms with E-state index in [4.69, 9.17) is 4.52 Å². The maximum Gasteiger partial charge on any atom is 0.341 e. The largest absolute Gasteiger partial charge is 0.477 e. The molecule has 1 N–H and O–H groups in total. The lowest BCUT2D eigenvalue weighted by Gasteiger charge is -2.04. The van der Waals surface area contributed by atoms with Crippen molar-refractivity contribution in [2.75, 3.05) is 0 Å². The molecule has 1 aromatic carbocycles. The Bertz CT molecular complexity index is 816. The van der Waals surface area contributed by atoms with Gasteiger partial charge in [-0.3, -0.25) is 4.98 Å².